The number of rotatable bonds is 7. The zero-order chi connectivity index (χ0) is 36.8. The molecule has 2 fully saturated rings. The summed E-state index contributed by atoms with van der Waals surface area (Å²) in [4.78, 5) is 25.9. The van der Waals surface area contributed by atoms with Crippen LogP contribution in [0, 0.1) is 17.3 Å². The number of aliphatic hydroxyl groups excluding tert-OH is 3. The van der Waals surface area contributed by atoms with Gasteiger partial charge in [-0.25, -0.2) is 9.59 Å². The molecule has 0 saturated carbocycles. The van der Waals surface area contributed by atoms with Crippen LogP contribution in [0.15, 0.2) is 84.6 Å². The molecule has 2 saturated heterocycles. The Morgan fingerprint density at radius 1 is 1.06 bits per heavy atom. The van der Waals surface area contributed by atoms with Gasteiger partial charge in [-0.1, -0.05) is 95.0 Å². The van der Waals surface area contributed by atoms with Crippen molar-refractivity contribution in [2.24, 2.45) is 17.3 Å². The van der Waals surface area contributed by atoms with E-state index in [0.29, 0.717) is 38.0 Å². The Kier molecular flexibility index (Phi) is 16.6. The lowest BCUT2D eigenvalue weighted by Gasteiger charge is -2.47. The number of carbonyl (C=O) groups is 2. The molecule has 0 unspecified atom stereocenters. The van der Waals surface area contributed by atoms with Crippen molar-refractivity contribution < 1.29 is 43.9 Å². The predicted molar refractivity (Wildman–Crippen MR) is 195 cm³/mol. The lowest BCUT2D eigenvalue weighted by Crippen LogP contribution is -2.54. The van der Waals surface area contributed by atoms with Gasteiger partial charge in [0.05, 0.1) is 43.2 Å². The Hall–Kier alpha value is -3.08. The predicted octanol–water partition coefficient (Wildman–Crippen LogP) is 6.41. The second-order valence-electron chi connectivity index (χ2n) is 14.8. The van der Waals surface area contributed by atoms with Gasteiger partial charge in [-0.15, -0.1) is 0 Å². The molecule has 0 radical (unpaired) electrons. The SMILES string of the molecule is C=C(CCC(C)C)COC(=O)[C@H]1C/C=C\C[C@@H]2O[C@@H](C[C@@H](O)[C@@]2(C)CO)C(=C)C/C=C/C(C)=C\[C@H]2O[C@@H](C/C=C/C=C/C(=O)O1)C[C@H](O)[C@H]2C. The van der Waals surface area contributed by atoms with E-state index in [1.807, 2.05) is 44.2 Å². The van der Waals surface area contributed by atoms with Gasteiger partial charge in [-0.05, 0) is 56.1 Å². The van der Waals surface area contributed by atoms with Crippen molar-refractivity contribution >= 4 is 11.9 Å². The molecule has 4 bridgehead atoms. The van der Waals surface area contributed by atoms with Crippen molar-refractivity contribution in [1.82, 2.24) is 0 Å². The lowest BCUT2D eigenvalue weighted by atomic mass is 9.73. The van der Waals surface area contributed by atoms with Crippen molar-refractivity contribution in [2.45, 2.75) is 129 Å². The molecule has 278 valence electrons. The van der Waals surface area contributed by atoms with Crippen molar-refractivity contribution in [1.29, 1.82) is 0 Å². The molecule has 0 spiro atoms. The summed E-state index contributed by atoms with van der Waals surface area (Å²) in [5.41, 5.74) is 1.67. The highest BCUT2D eigenvalue weighted by molar-refractivity contribution is 5.86. The van der Waals surface area contributed by atoms with E-state index in [4.69, 9.17) is 18.9 Å². The molecule has 0 amide bonds. The summed E-state index contributed by atoms with van der Waals surface area (Å²) >= 11 is 0. The maximum Gasteiger partial charge on any atom is 0.348 e. The summed E-state index contributed by atoms with van der Waals surface area (Å²) in [6, 6.07) is 0. The van der Waals surface area contributed by atoms with E-state index >= 15 is 0 Å². The van der Waals surface area contributed by atoms with Gasteiger partial charge in [0.15, 0.2) is 0 Å². The smallest absolute Gasteiger partial charge is 0.348 e. The summed E-state index contributed by atoms with van der Waals surface area (Å²) in [6.07, 6.45) is 15.9. The van der Waals surface area contributed by atoms with Crippen LogP contribution >= 0.6 is 0 Å². The average Bonchev–Trinajstić information content (AvgIpc) is 3.07. The quantitative estimate of drug-likeness (QED) is 0.204. The largest absolute Gasteiger partial charge is 0.458 e. The fourth-order valence-corrected chi connectivity index (χ4v) is 6.27. The minimum Gasteiger partial charge on any atom is -0.458 e. The molecule has 3 N–H and O–H groups in total. The third kappa shape index (κ3) is 12.6. The van der Waals surface area contributed by atoms with Crippen LogP contribution in [0.2, 0.25) is 0 Å². The number of allylic oxidation sites excluding steroid dienone is 5. The summed E-state index contributed by atoms with van der Waals surface area (Å²) < 4.78 is 23.8. The normalized spacial score (nSPS) is 36.9. The van der Waals surface area contributed by atoms with E-state index in [9.17, 15) is 24.9 Å². The molecule has 3 aliphatic heterocycles. The van der Waals surface area contributed by atoms with Gasteiger partial charge in [0.2, 0.25) is 6.10 Å². The first kappa shape index (κ1) is 41.3. The monoisotopic (exact) mass is 696 g/mol. The van der Waals surface area contributed by atoms with Gasteiger partial charge in [0, 0.05) is 36.7 Å². The number of hydrogen-bond donors (Lipinski definition) is 3. The number of hydrogen-bond acceptors (Lipinski definition) is 9. The molecule has 3 heterocycles. The molecule has 9 heteroatoms. The van der Waals surface area contributed by atoms with Crippen molar-refractivity contribution in [3.63, 3.8) is 0 Å². The molecule has 50 heavy (non-hydrogen) atoms. The van der Waals surface area contributed by atoms with E-state index in [1.165, 1.54) is 6.08 Å². The Morgan fingerprint density at radius 2 is 1.80 bits per heavy atom. The molecule has 0 aromatic heterocycles. The molecule has 9 nitrogen and oxygen atoms in total. The maximum atomic E-state index is 13.1. The van der Waals surface area contributed by atoms with E-state index in [1.54, 1.807) is 25.2 Å². The van der Waals surface area contributed by atoms with Crippen molar-refractivity contribution in [2.75, 3.05) is 13.2 Å². The lowest BCUT2D eigenvalue weighted by molar-refractivity contribution is -0.182. The van der Waals surface area contributed by atoms with Crippen LogP contribution in [0.4, 0.5) is 0 Å². The number of fused-ring (bicyclic) bond motifs is 4. The molecule has 0 aliphatic carbocycles. The van der Waals surface area contributed by atoms with Gasteiger partial charge in [-0.2, -0.15) is 0 Å². The van der Waals surface area contributed by atoms with Crippen LogP contribution in [0.5, 0.6) is 0 Å². The highest BCUT2D eigenvalue weighted by Gasteiger charge is 2.47. The fraction of sp³-hybridized carbons (Fsp3) is 0.610. The maximum absolute atomic E-state index is 13.1. The fourth-order valence-electron chi connectivity index (χ4n) is 6.27. The molecular weight excluding hydrogens is 636 g/mol. The second kappa shape index (κ2) is 20.1. The van der Waals surface area contributed by atoms with Crippen LogP contribution in [0.25, 0.3) is 0 Å². The van der Waals surface area contributed by atoms with Gasteiger partial charge in [0.1, 0.15) is 6.61 Å². The molecule has 9 atom stereocenters. The standard InChI is InChI=1S/C41H60O9/c1-27(2)20-21-29(4)25-47-40(46)34-17-11-12-18-38-41(7,26-42)37(44)24-35(49-38)30(5)15-13-14-28(3)22-36-31(6)33(43)23-32(48-36)16-9-8-10-19-39(45)50-34/h8-14,19,22,27,31-38,42-44H,4-5,15-18,20-21,23-26H2,1-3,6-7H3/b9-8+,12-11-,14-13+,19-10+,28-22-/t31-,32+,33+,34-,35+,36-,37-,38+,41-/m1/s1. The topological polar surface area (TPSA) is 132 Å². The third-order valence-electron chi connectivity index (χ3n) is 9.99. The molecule has 0 aromatic rings. The summed E-state index contributed by atoms with van der Waals surface area (Å²) in [6.45, 7) is 18.0. The molecular formula is C41H60O9. The number of ether oxygens (including phenoxy) is 4. The number of carbonyl (C=O) groups excluding carboxylic acids is 2. The van der Waals surface area contributed by atoms with Gasteiger partial charge in [-0.3, -0.25) is 0 Å². The highest BCUT2D eigenvalue weighted by atomic mass is 16.6. The highest BCUT2D eigenvalue weighted by Crippen LogP contribution is 2.40. The van der Waals surface area contributed by atoms with E-state index in [-0.39, 0.29) is 37.8 Å². The first-order valence-electron chi connectivity index (χ1n) is 18.1. The van der Waals surface area contributed by atoms with Crippen molar-refractivity contribution in [3.8, 4) is 0 Å². The van der Waals surface area contributed by atoms with Crippen LogP contribution in [-0.2, 0) is 28.5 Å². The Bertz CT molecular complexity index is 1310. The van der Waals surface area contributed by atoms with Crippen LogP contribution in [-0.4, -0.2) is 83.2 Å². The van der Waals surface area contributed by atoms with E-state index in [0.717, 1.165) is 29.6 Å². The zero-order valence-corrected chi connectivity index (χ0v) is 30.7. The van der Waals surface area contributed by atoms with Crippen LogP contribution in [0.1, 0.15) is 86.0 Å². The molecule has 3 rings (SSSR count). The number of cyclic esters (lactones) is 1. The number of esters is 2. The summed E-state index contributed by atoms with van der Waals surface area (Å²) in [5, 5.41) is 32.2. The minimum absolute atomic E-state index is 0.0396. The van der Waals surface area contributed by atoms with Gasteiger partial charge < -0.3 is 34.3 Å². The Labute approximate surface area is 299 Å². The first-order valence-corrected chi connectivity index (χ1v) is 18.1. The minimum atomic E-state index is -1.19. The van der Waals surface area contributed by atoms with Crippen LogP contribution < -0.4 is 0 Å². The Balaban J connectivity index is 1.84. The number of aliphatic hydroxyl groups is 3. The summed E-state index contributed by atoms with van der Waals surface area (Å²) in [7, 11) is 0. The second-order valence-corrected chi connectivity index (χ2v) is 14.8. The first-order chi connectivity index (χ1) is 23.7. The third-order valence-corrected chi connectivity index (χ3v) is 9.99. The van der Waals surface area contributed by atoms with Crippen molar-refractivity contribution in [3.05, 3.63) is 84.6 Å². The summed E-state index contributed by atoms with van der Waals surface area (Å²) in [5.74, 6) is -0.959. The van der Waals surface area contributed by atoms with Crippen LogP contribution in [0.3, 0.4) is 0 Å². The molecule has 0 aromatic carbocycles. The van der Waals surface area contributed by atoms with E-state index in [2.05, 4.69) is 27.0 Å². The van der Waals surface area contributed by atoms with E-state index < -0.39 is 47.9 Å². The van der Waals surface area contributed by atoms with Gasteiger partial charge >= 0.3 is 11.9 Å². The Morgan fingerprint density at radius 3 is 2.52 bits per heavy atom. The average molecular weight is 697 g/mol. The zero-order valence-electron chi connectivity index (χ0n) is 30.7. The molecule has 3 aliphatic rings. The van der Waals surface area contributed by atoms with Gasteiger partial charge in [0.25, 0.3) is 0 Å².